The minimum atomic E-state index is 0.417. The molecule has 0 aliphatic heterocycles. The van der Waals surface area contributed by atoms with Crippen LogP contribution in [0, 0.1) is 6.92 Å². The van der Waals surface area contributed by atoms with Gasteiger partial charge in [-0.05, 0) is 64.3 Å². The number of aryl methyl sites for hydroxylation is 1. The van der Waals surface area contributed by atoms with Crippen molar-refractivity contribution in [3.63, 3.8) is 0 Å². The van der Waals surface area contributed by atoms with Gasteiger partial charge in [-0.15, -0.1) is 0 Å². The summed E-state index contributed by atoms with van der Waals surface area (Å²) in [7, 11) is 0. The van der Waals surface area contributed by atoms with Crippen LogP contribution in [0.3, 0.4) is 0 Å². The van der Waals surface area contributed by atoms with E-state index in [1.807, 2.05) is 12.1 Å². The minimum absolute atomic E-state index is 0.417. The Labute approximate surface area is 108 Å². The molecule has 1 aromatic heterocycles. The summed E-state index contributed by atoms with van der Waals surface area (Å²) in [6.45, 7) is 2.68. The first kappa shape index (κ1) is 11.6. The molecule has 2 rings (SSSR count). The lowest BCUT2D eigenvalue weighted by Gasteiger charge is -2.07. The molecular formula is C12H11BrClNO. The van der Waals surface area contributed by atoms with E-state index in [2.05, 4.69) is 40.3 Å². The van der Waals surface area contributed by atoms with Crippen molar-refractivity contribution in [2.24, 2.45) is 0 Å². The number of benzene rings is 1. The van der Waals surface area contributed by atoms with E-state index in [-0.39, 0.29) is 0 Å². The van der Waals surface area contributed by atoms with Crippen molar-refractivity contribution in [3.05, 3.63) is 51.3 Å². The third-order valence-corrected chi connectivity index (χ3v) is 3.10. The van der Waals surface area contributed by atoms with E-state index in [4.69, 9.17) is 16.0 Å². The third-order valence-electron chi connectivity index (χ3n) is 2.20. The molecule has 2 nitrogen and oxygen atoms in total. The van der Waals surface area contributed by atoms with Crippen LogP contribution in [0.4, 0.5) is 5.69 Å². The maximum atomic E-state index is 5.69. The molecule has 0 amide bonds. The molecule has 0 saturated heterocycles. The topological polar surface area (TPSA) is 25.2 Å². The summed E-state index contributed by atoms with van der Waals surface area (Å²) in [5, 5.41) is 3.70. The molecule has 0 fully saturated rings. The highest BCUT2D eigenvalue weighted by Gasteiger charge is 2.02. The number of halogens is 2. The summed E-state index contributed by atoms with van der Waals surface area (Å²) >= 11 is 9.18. The maximum Gasteiger partial charge on any atom is 0.193 e. The first-order valence-corrected chi connectivity index (χ1v) is 6.06. The zero-order chi connectivity index (χ0) is 11.5. The predicted octanol–water partition coefficient (Wildman–Crippen LogP) is 4.62. The summed E-state index contributed by atoms with van der Waals surface area (Å²) in [5.41, 5.74) is 2.26. The molecule has 0 aliphatic rings. The van der Waals surface area contributed by atoms with E-state index in [1.165, 1.54) is 5.56 Å². The summed E-state index contributed by atoms with van der Waals surface area (Å²) < 4.78 is 6.30. The van der Waals surface area contributed by atoms with Gasteiger partial charge in [0.15, 0.2) is 5.22 Å². The number of hydrogen-bond donors (Lipinski definition) is 1. The van der Waals surface area contributed by atoms with Gasteiger partial charge in [-0.2, -0.15) is 0 Å². The highest BCUT2D eigenvalue weighted by atomic mass is 79.9. The van der Waals surface area contributed by atoms with Gasteiger partial charge in [-0.25, -0.2) is 0 Å². The third kappa shape index (κ3) is 2.80. The Kier molecular flexibility index (Phi) is 3.56. The zero-order valence-electron chi connectivity index (χ0n) is 8.76. The van der Waals surface area contributed by atoms with Gasteiger partial charge in [-0.3, -0.25) is 0 Å². The van der Waals surface area contributed by atoms with E-state index in [9.17, 15) is 0 Å². The first-order valence-electron chi connectivity index (χ1n) is 4.89. The molecule has 1 N–H and O–H groups in total. The van der Waals surface area contributed by atoms with Gasteiger partial charge in [0.1, 0.15) is 5.76 Å². The molecule has 1 heterocycles. The average molecular weight is 301 g/mol. The van der Waals surface area contributed by atoms with Gasteiger partial charge in [-0.1, -0.05) is 6.07 Å². The monoisotopic (exact) mass is 299 g/mol. The Morgan fingerprint density at radius 1 is 1.31 bits per heavy atom. The van der Waals surface area contributed by atoms with Crippen LogP contribution in [0.25, 0.3) is 0 Å². The highest BCUT2D eigenvalue weighted by molar-refractivity contribution is 9.10. The van der Waals surface area contributed by atoms with Crippen molar-refractivity contribution in [1.82, 2.24) is 0 Å². The average Bonchev–Trinajstić information content (AvgIpc) is 2.66. The molecule has 84 valence electrons. The largest absolute Gasteiger partial charge is 0.448 e. The fourth-order valence-electron chi connectivity index (χ4n) is 1.40. The van der Waals surface area contributed by atoms with E-state index < -0.39 is 0 Å². The Bertz CT molecular complexity index is 496. The molecule has 16 heavy (non-hydrogen) atoms. The number of anilines is 1. The van der Waals surface area contributed by atoms with Gasteiger partial charge in [0, 0.05) is 10.2 Å². The van der Waals surface area contributed by atoms with Crippen molar-refractivity contribution >= 4 is 33.2 Å². The van der Waals surface area contributed by atoms with Crippen molar-refractivity contribution in [2.45, 2.75) is 13.5 Å². The van der Waals surface area contributed by atoms with Crippen LogP contribution in [-0.2, 0) is 6.54 Å². The van der Waals surface area contributed by atoms with Crippen LogP contribution >= 0.6 is 27.5 Å². The number of hydrogen-bond acceptors (Lipinski definition) is 2. The molecule has 0 aliphatic carbocycles. The second-order valence-corrected chi connectivity index (χ2v) is 4.77. The highest BCUT2D eigenvalue weighted by Crippen LogP contribution is 2.24. The lowest BCUT2D eigenvalue weighted by molar-refractivity contribution is 0.520. The lowest BCUT2D eigenvalue weighted by atomic mass is 10.2. The van der Waals surface area contributed by atoms with E-state index in [0.717, 1.165) is 15.9 Å². The van der Waals surface area contributed by atoms with E-state index in [0.29, 0.717) is 11.8 Å². The smallest absolute Gasteiger partial charge is 0.193 e. The standard InChI is InChI=1S/C12H11BrClNO/c1-8-2-4-10(13)11(6-8)15-7-9-3-5-12(14)16-9/h2-6,15H,7H2,1H3. The number of furan rings is 1. The van der Waals surface area contributed by atoms with Gasteiger partial charge in [0.25, 0.3) is 0 Å². The quantitative estimate of drug-likeness (QED) is 0.895. The Balaban J connectivity index is 2.07. The van der Waals surface area contributed by atoms with Crippen molar-refractivity contribution in [3.8, 4) is 0 Å². The maximum absolute atomic E-state index is 5.69. The molecule has 4 heteroatoms. The number of nitrogens with one attached hydrogen (secondary N) is 1. The zero-order valence-corrected chi connectivity index (χ0v) is 11.1. The Morgan fingerprint density at radius 2 is 2.12 bits per heavy atom. The molecule has 2 aromatic rings. The van der Waals surface area contributed by atoms with Crippen LogP contribution in [0.5, 0.6) is 0 Å². The minimum Gasteiger partial charge on any atom is -0.448 e. The molecule has 0 radical (unpaired) electrons. The van der Waals surface area contributed by atoms with Crippen LogP contribution in [0.15, 0.2) is 39.2 Å². The van der Waals surface area contributed by atoms with Crippen molar-refractivity contribution < 1.29 is 4.42 Å². The fourth-order valence-corrected chi connectivity index (χ4v) is 1.95. The van der Waals surface area contributed by atoms with Gasteiger partial charge >= 0.3 is 0 Å². The van der Waals surface area contributed by atoms with Gasteiger partial charge in [0.2, 0.25) is 0 Å². The van der Waals surface area contributed by atoms with Crippen LogP contribution in [-0.4, -0.2) is 0 Å². The Morgan fingerprint density at radius 3 is 2.81 bits per heavy atom. The molecule has 1 aromatic carbocycles. The van der Waals surface area contributed by atoms with Gasteiger partial charge in [0.05, 0.1) is 6.54 Å². The predicted molar refractivity (Wildman–Crippen MR) is 69.9 cm³/mol. The normalized spacial score (nSPS) is 10.4. The molecule has 0 saturated carbocycles. The second kappa shape index (κ2) is 4.93. The molecule has 0 spiro atoms. The summed E-state index contributed by atoms with van der Waals surface area (Å²) in [6.07, 6.45) is 0. The summed E-state index contributed by atoms with van der Waals surface area (Å²) in [6, 6.07) is 9.75. The Hall–Kier alpha value is -0.930. The van der Waals surface area contributed by atoms with E-state index in [1.54, 1.807) is 6.07 Å². The second-order valence-electron chi connectivity index (χ2n) is 3.54. The summed E-state index contributed by atoms with van der Waals surface area (Å²) in [5.74, 6) is 0.818. The molecule has 0 unspecified atom stereocenters. The first-order chi connectivity index (χ1) is 7.65. The van der Waals surface area contributed by atoms with Crippen LogP contribution in [0.2, 0.25) is 5.22 Å². The molecule has 0 atom stereocenters. The van der Waals surface area contributed by atoms with E-state index >= 15 is 0 Å². The van der Waals surface area contributed by atoms with Crippen LogP contribution in [0.1, 0.15) is 11.3 Å². The molecule has 0 bridgehead atoms. The SMILES string of the molecule is Cc1ccc(Br)c(NCc2ccc(Cl)o2)c1. The summed E-state index contributed by atoms with van der Waals surface area (Å²) in [4.78, 5) is 0. The van der Waals surface area contributed by atoms with Crippen molar-refractivity contribution in [2.75, 3.05) is 5.32 Å². The number of rotatable bonds is 3. The van der Waals surface area contributed by atoms with Gasteiger partial charge < -0.3 is 9.73 Å². The lowest BCUT2D eigenvalue weighted by Crippen LogP contribution is -1.99. The van der Waals surface area contributed by atoms with Crippen LogP contribution < -0.4 is 5.32 Å². The van der Waals surface area contributed by atoms with Crippen molar-refractivity contribution in [1.29, 1.82) is 0 Å². The fraction of sp³-hybridized carbons (Fsp3) is 0.167. The molecular weight excluding hydrogens is 289 g/mol.